The number of nitrogens with one attached hydrogen (secondary N) is 1. The van der Waals surface area contributed by atoms with E-state index in [0.717, 1.165) is 23.5 Å². The van der Waals surface area contributed by atoms with Crippen LogP contribution in [0.1, 0.15) is 30.1 Å². The lowest BCUT2D eigenvalue weighted by Gasteiger charge is -2.06. The smallest absolute Gasteiger partial charge is 0.322 e. The zero-order chi connectivity index (χ0) is 17.6. The molecule has 0 aliphatic heterocycles. The maximum absolute atomic E-state index is 12.2. The van der Waals surface area contributed by atoms with E-state index in [2.05, 4.69) is 22.4 Å². The van der Waals surface area contributed by atoms with Crippen molar-refractivity contribution >= 4 is 34.9 Å². The second-order valence-electron chi connectivity index (χ2n) is 5.20. The second kappa shape index (κ2) is 8.13. The van der Waals surface area contributed by atoms with Crippen LogP contribution in [-0.4, -0.2) is 22.7 Å². The van der Waals surface area contributed by atoms with Gasteiger partial charge in [0.15, 0.2) is 0 Å². The van der Waals surface area contributed by atoms with Gasteiger partial charge in [0.25, 0.3) is 11.8 Å². The highest BCUT2D eigenvalue weighted by molar-refractivity contribution is 7.19. The molecule has 1 aromatic carbocycles. The number of carbonyl (C=O) groups excluding carboxylic acids is 1. The summed E-state index contributed by atoms with van der Waals surface area (Å²) in [5, 5.41) is 10.3. The lowest BCUT2D eigenvalue weighted by atomic mass is 10.2. The molecule has 3 rings (SSSR count). The van der Waals surface area contributed by atoms with Crippen LogP contribution in [0.5, 0.6) is 5.75 Å². The molecule has 25 heavy (non-hydrogen) atoms. The SMILES string of the molecule is CCCCOc1ccc(C(=O)Nc2nnc(-c3ccc(Cl)s3)o2)cc1. The van der Waals surface area contributed by atoms with Crippen molar-refractivity contribution in [2.24, 2.45) is 0 Å². The van der Waals surface area contributed by atoms with E-state index < -0.39 is 0 Å². The van der Waals surface area contributed by atoms with Crippen LogP contribution in [0.4, 0.5) is 6.01 Å². The maximum atomic E-state index is 12.2. The number of thiophene rings is 1. The standard InChI is InChI=1S/C17H16ClN3O3S/c1-2-3-10-23-12-6-4-11(5-7-12)15(22)19-17-21-20-16(24-17)13-8-9-14(18)25-13/h4-9H,2-3,10H2,1H3,(H,19,21,22). The van der Waals surface area contributed by atoms with Gasteiger partial charge < -0.3 is 9.15 Å². The third-order valence-electron chi connectivity index (χ3n) is 3.31. The number of halogens is 1. The van der Waals surface area contributed by atoms with E-state index in [1.165, 1.54) is 11.3 Å². The van der Waals surface area contributed by atoms with Gasteiger partial charge in [0.05, 0.1) is 15.8 Å². The van der Waals surface area contributed by atoms with E-state index in [-0.39, 0.29) is 11.9 Å². The number of anilines is 1. The summed E-state index contributed by atoms with van der Waals surface area (Å²) < 4.78 is 11.6. The summed E-state index contributed by atoms with van der Waals surface area (Å²) >= 11 is 7.20. The number of rotatable bonds is 7. The van der Waals surface area contributed by atoms with Crippen molar-refractivity contribution in [3.05, 3.63) is 46.3 Å². The number of unbranched alkanes of at least 4 members (excludes halogenated alkanes) is 1. The van der Waals surface area contributed by atoms with Gasteiger partial charge in [-0.15, -0.1) is 16.4 Å². The fourth-order valence-corrected chi connectivity index (χ4v) is 2.97. The minimum Gasteiger partial charge on any atom is -0.494 e. The van der Waals surface area contributed by atoms with Gasteiger partial charge in [-0.2, -0.15) is 0 Å². The molecule has 130 valence electrons. The molecule has 0 saturated carbocycles. The number of nitrogens with zero attached hydrogens (tertiary/aromatic N) is 2. The summed E-state index contributed by atoms with van der Waals surface area (Å²) in [4.78, 5) is 13.0. The topological polar surface area (TPSA) is 77.2 Å². The Morgan fingerprint density at radius 3 is 2.72 bits per heavy atom. The van der Waals surface area contributed by atoms with Gasteiger partial charge in [-0.3, -0.25) is 10.1 Å². The molecule has 1 amide bonds. The molecule has 0 atom stereocenters. The number of ether oxygens (including phenoxy) is 1. The molecule has 0 aliphatic carbocycles. The molecule has 2 aromatic heterocycles. The summed E-state index contributed by atoms with van der Waals surface area (Å²) in [6.07, 6.45) is 2.07. The van der Waals surface area contributed by atoms with E-state index in [1.807, 2.05) is 0 Å². The summed E-state index contributed by atoms with van der Waals surface area (Å²) in [6, 6.07) is 10.5. The van der Waals surface area contributed by atoms with Gasteiger partial charge in [-0.05, 0) is 42.8 Å². The van der Waals surface area contributed by atoms with Crippen molar-refractivity contribution < 1.29 is 13.9 Å². The van der Waals surface area contributed by atoms with Crippen LogP contribution in [0.3, 0.4) is 0 Å². The number of carbonyl (C=O) groups is 1. The average Bonchev–Trinajstić information content (AvgIpc) is 3.24. The first kappa shape index (κ1) is 17.4. The van der Waals surface area contributed by atoms with Crippen molar-refractivity contribution in [1.82, 2.24) is 10.2 Å². The predicted molar refractivity (Wildman–Crippen MR) is 97.4 cm³/mol. The quantitative estimate of drug-likeness (QED) is 0.593. The summed E-state index contributed by atoms with van der Waals surface area (Å²) in [7, 11) is 0. The van der Waals surface area contributed by atoms with Crippen LogP contribution in [0, 0.1) is 0 Å². The number of benzene rings is 1. The Balaban J connectivity index is 1.61. The normalized spacial score (nSPS) is 10.6. The van der Waals surface area contributed by atoms with Gasteiger partial charge in [0.2, 0.25) is 0 Å². The average molecular weight is 378 g/mol. The first-order valence-electron chi connectivity index (χ1n) is 7.79. The van der Waals surface area contributed by atoms with Gasteiger partial charge in [-0.25, -0.2) is 0 Å². The van der Waals surface area contributed by atoms with Crippen LogP contribution in [0.25, 0.3) is 10.8 Å². The van der Waals surface area contributed by atoms with Gasteiger partial charge in [-0.1, -0.05) is 30.0 Å². The summed E-state index contributed by atoms with van der Waals surface area (Å²) in [5.41, 5.74) is 0.474. The largest absolute Gasteiger partial charge is 0.494 e. The van der Waals surface area contributed by atoms with E-state index in [0.29, 0.717) is 22.4 Å². The molecule has 8 heteroatoms. The zero-order valence-electron chi connectivity index (χ0n) is 13.5. The van der Waals surface area contributed by atoms with Crippen LogP contribution in [-0.2, 0) is 0 Å². The Labute approximate surface area is 153 Å². The molecule has 0 spiro atoms. The van der Waals surface area contributed by atoms with Crippen molar-refractivity contribution in [3.63, 3.8) is 0 Å². The Morgan fingerprint density at radius 2 is 2.04 bits per heavy atom. The molecule has 0 fully saturated rings. The fraction of sp³-hybridized carbons (Fsp3) is 0.235. The van der Waals surface area contributed by atoms with Crippen LogP contribution < -0.4 is 10.1 Å². The van der Waals surface area contributed by atoms with Gasteiger partial charge in [0, 0.05) is 5.56 Å². The molecule has 0 saturated heterocycles. The third-order valence-corrected chi connectivity index (χ3v) is 4.53. The molecule has 3 aromatic rings. The van der Waals surface area contributed by atoms with Crippen LogP contribution in [0.15, 0.2) is 40.8 Å². The van der Waals surface area contributed by atoms with E-state index in [9.17, 15) is 4.79 Å². The van der Waals surface area contributed by atoms with E-state index >= 15 is 0 Å². The lowest BCUT2D eigenvalue weighted by molar-refractivity contribution is 0.102. The fourth-order valence-electron chi connectivity index (χ4n) is 2.01. The molecule has 1 N–H and O–H groups in total. The summed E-state index contributed by atoms with van der Waals surface area (Å²) in [5.74, 6) is 0.714. The van der Waals surface area contributed by atoms with Crippen LogP contribution >= 0.6 is 22.9 Å². The number of hydrogen-bond donors (Lipinski definition) is 1. The number of hydrogen-bond acceptors (Lipinski definition) is 6. The van der Waals surface area contributed by atoms with Crippen molar-refractivity contribution in [2.75, 3.05) is 11.9 Å². The van der Waals surface area contributed by atoms with Gasteiger partial charge >= 0.3 is 6.01 Å². The summed E-state index contributed by atoms with van der Waals surface area (Å²) in [6.45, 7) is 2.77. The first-order valence-corrected chi connectivity index (χ1v) is 8.98. The second-order valence-corrected chi connectivity index (χ2v) is 6.91. The van der Waals surface area contributed by atoms with Crippen molar-refractivity contribution in [2.45, 2.75) is 19.8 Å². The Kier molecular flexibility index (Phi) is 5.67. The highest BCUT2D eigenvalue weighted by Gasteiger charge is 2.14. The predicted octanol–water partition coefficient (Wildman–Crippen LogP) is 4.88. The zero-order valence-corrected chi connectivity index (χ0v) is 15.1. The highest BCUT2D eigenvalue weighted by Crippen LogP contribution is 2.30. The molecular formula is C17H16ClN3O3S. The van der Waals surface area contributed by atoms with E-state index in [4.69, 9.17) is 20.8 Å². The molecule has 2 heterocycles. The first-order chi connectivity index (χ1) is 12.2. The highest BCUT2D eigenvalue weighted by atomic mass is 35.5. The molecule has 0 unspecified atom stereocenters. The van der Waals surface area contributed by atoms with Gasteiger partial charge in [0.1, 0.15) is 5.75 Å². The van der Waals surface area contributed by atoms with Crippen molar-refractivity contribution in [1.29, 1.82) is 0 Å². The molecular weight excluding hydrogens is 362 g/mol. The molecule has 0 aliphatic rings. The molecule has 0 radical (unpaired) electrons. The van der Waals surface area contributed by atoms with Crippen molar-refractivity contribution in [3.8, 4) is 16.5 Å². The Bertz CT molecular complexity index is 845. The molecule has 0 bridgehead atoms. The minimum atomic E-state index is -0.334. The van der Waals surface area contributed by atoms with E-state index in [1.54, 1.807) is 36.4 Å². The lowest BCUT2D eigenvalue weighted by Crippen LogP contribution is -2.12. The monoisotopic (exact) mass is 377 g/mol. The van der Waals surface area contributed by atoms with Crippen LogP contribution in [0.2, 0.25) is 4.34 Å². The Hall–Kier alpha value is -2.38. The Morgan fingerprint density at radius 1 is 1.24 bits per heavy atom. The molecule has 6 nitrogen and oxygen atoms in total. The third kappa shape index (κ3) is 4.58. The number of aromatic nitrogens is 2. The maximum Gasteiger partial charge on any atom is 0.322 e. The number of amides is 1. The minimum absolute atomic E-state index is 0.0350.